The summed E-state index contributed by atoms with van der Waals surface area (Å²) in [7, 11) is 0. The van der Waals surface area contributed by atoms with Crippen molar-refractivity contribution in [2.24, 2.45) is 11.8 Å². The second-order valence-electron chi connectivity index (χ2n) is 15.0. The van der Waals surface area contributed by atoms with Crippen molar-refractivity contribution in [3.8, 4) is 0 Å². The van der Waals surface area contributed by atoms with Gasteiger partial charge in [-0.15, -0.1) is 11.8 Å². The number of carbonyl (C=O) groups excluding carboxylic acids is 6. The van der Waals surface area contributed by atoms with E-state index >= 15 is 0 Å². The number of imide groups is 1. The zero-order valence-electron chi connectivity index (χ0n) is 32.6. The Labute approximate surface area is 334 Å². The summed E-state index contributed by atoms with van der Waals surface area (Å²) in [5, 5.41) is 41.3. The molecule has 55 heavy (non-hydrogen) atoms. The highest BCUT2D eigenvalue weighted by Gasteiger charge is 2.45. The van der Waals surface area contributed by atoms with E-state index in [0.717, 1.165) is 83.5 Å². The van der Waals surface area contributed by atoms with Crippen LogP contribution in [0.3, 0.4) is 0 Å². The maximum absolute atomic E-state index is 12.7. The Morgan fingerprint density at radius 2 is 1.38 bits per heavy atom. The van der Waals surface area contributed by atoms with Crippen molar-refractivity contribution in [2.75, 3.05) is 44.8 Å². The van der Waals surface area contributed by atoms with Gasteiger partial charge in [-0.05, 0) is 82.1 Å². The standard InChI is InChI=1S/C38H65N5O10S2/c1-25(45)42-33-35(50)34(49)28(24-44)53-38(33)55-21-11-5-10-19-40-31(47)12-6-3-8-18-39-30(46)13-7-4-9-20-41-36(51)27-16-14-26(15-17-27)23-43-32(48)22-29(54-2)37(43)52/h26-29,33-35,38,44,49-50H,3-24H2,1-2H3,(H,39,46)(H,40,47)(H,41,51)(H,42,45)/t26?,27?,28?,29?,33?,34-,35-,38-/m0/s1. The van der Waals surface area contributed by atoms with Crippen LogP contribution in [0.25, 0.3) is 0 Å². The normalized spacial score (nSPS) is 26.8. The molecule has 7 N–H and O–H groups in total. The lowest BCUT2D eigenvalue weighted by Gasteiger charge is -2.42. The lowest BCUT2D eigenvalue weighted by molar-refractivity contribution is -0.173. The van der Waals surface area contributed by atoms with E-state index in [1.807, 2.05) is 6.26 Å². The predicted molar refractivity (Wildman–Crippen MR) is 212 cm³/mol. The molecule has 0 aromatic rings. The number of nitrogens with zero attached hydrogens (tertiary/aromatic N) is 1. The molecule has 0 spiro atoms. The molecular formula is C38H65N5O10S2. The highest BCUT2D eigenvalue weighted by atomic mass is 32.2. The van der Waals surface area contributed by atoms with Crippen LogP contribution in [-0.4, -0.2) is 135 Å². The first kappa shape index (κ1) is 46.9. The number of aliphatic hydroxyl groups excluding tert-OH is 3. The number of likely N-dealkylation sites (tertiary alicyclic amines) is 1. The molecule has 1 saturated carbocycles. The van der Waals surface area contributed by atoms with Gasteiger partial charge < -0.3 is 41.3 Å². The van der Waals surface area contributed by atoms with Crippen LogP contribution in [0.5, 0.6) is 0 Å². The molecule has 0 aromatic carbocycles. The van der Waals surface area contributed by atoms with Crippen molar-refractivity contribution < 1.29 is 48.8 Å². The molecule has 3 fully saturated rings. The van der Waals surface area contributed by atoms with Crippen LogP contribution in [-0.2, 0) is 33.5 Å². The third-order valence-electron chi connectivity index (χ3n) is 10.6. The first-order valence-electron chi connectivity index (χ1n) is 20.1. The maximum Gasteiger partial charge on any atom is 0.242 e. The Morgan fingerprint density at radius 1 is 0.800 bits per heavy atom. The van der Waals surface area contributed by atoms with Gasteiger partial charge in [0.15, 0.2) is 0 Å². The minimum atomic E-state index is -1.29. The van der Waals surface area contributed by atoms with E-state index in [4.69, 9.17) is 4.74 Å². The maximum atomic E-state index is 12.7. The minimum absolute atomic E-state index is 0.00757. The average molecular weight is 816 g/mol. The van der Waals surface area contributed by atoms with E-state index in [0.29, 0.717) is 51.2 Å². The van der Waals surface area contributed by atoms with Gasteiger partial charge in [-0.3, -0.25) is 33.7 Å². The van der Waals surface area contributed by atoms with Gasteiger partial charge in [0, 0.05) is 58.3 Å². The third kappa shape index (κ3) is 16.5. The quantitative estimate of drug-likeness (QED) is 0.0516. The fraction of sp³-hybridized carbons (Fsp3) is 0.842. The summed E-state index contributed by atoms with van der Waals surface area (Å²) in [5.74, 6) is 0.519. The van der Waals surface area contributed by atoms with Crippen LogP contribution in [0, 0.1) is 11.8 Å². The first-order valence-corrected chi connectivity index (χ1v) is 22.5. The number of thioether (sulfide) groups is 2. The van der Waals surface area contributed by atoms with Gasteiger partial charge in [-0.2, -0.15) is 11.8 Å². The molecule has 314 valence electrons. The van der Waals surface area contributed by atoms with E-state index in [1.54, 1.807) is 0 Å². The number of ether oxygens (including phenoxy) is 1. The second-order valence-corrected chi connectivity index (χ2v) is 17.2. The van der Waals surface area contributed by atoms with Crippen molar-refractivity contribution in [1.82, 2.24) is 26.2 Å². The summed E-state index contributed by atoms with van der Waals surface area (Å²) < 4.78 is 5.72. The monoisotopic (exact) mass is 815 g/mol. The zero-order chi connectivity index (χ0) is 40.2. The van der Waals surface area contributed by atoms with Crippen LogP contribution in [0.4, 0.5) is 0 Å². The number of unbranched alkanes of at least 4 members (excludes halogenated alkanes) is 6. The smallest absolute Gasteiger partial charge is 0.242 e. The number of rotatable bonds is 25. The van der Waals surface area contributed by atoms with Gasteiger partial charge in [0.1, 0.15) is 23.7 Å². The number of hydrogen-bond donors (Lipinski definition) is 7. The van der Waals surface area contributed by atoms with Gasteiger partial charge >= 0.3 is 0 Å². The van der Waals surface area contributed by atoms with Crippen molar-refractivity contribution >= 4 is 59.0 Å². The van der Waals surface area contributed by atoms with Gasteiger partial charge in [0.2, 0.25) is 35.4 Å². The van der Waals surface area contributed by atoms with Crippen molar-refractivity contribution in [3.63, 3.8) is 0 Å². The predicted octanol–water partition coefficient (Wildman–Crippen LogP) is 1.60. The van der Waals surface area contributed by atoms with Crippen LogP contribution in [0.2, 0.25) is 0 Å². The molecule has 2 saturated heterocycles. The first-order chi connectivity index (χ1) is 26.4. The van der Waals surface area contributed by atoms with Gasteiger partial charge in [0.25, 0.3) is 0 Å². The largest absolute Gasteiger partial charge is 0.394 e. The molecule has 1 aliphatic carbocycles. The molecule has 0 aromatic heterocycles. The fourth-order valence-corrected chi connectivity index (χ4v) is 9.17. The SMILES string of the molecule is CSC1CC(=O)N(CC2CCC(C(=O)NCCCCCC(=O)NCCCCCC(=O)NCCCCCS[C@@H]3OC(CO)[C@H](O)[C@@H](O)C3NC(C)=O)CC2)C1=O. The molecule has 3 aliphatic rings. The summed E-state index contributed by atoms with van der Waals surface area (Å²) in [5.41, 5.74) is -0.598. The van der Waals surface area contributed by atoms with Gasteiger partial charge in [-0.25, -0.2) is 0 Å². The van der Waals surface area contributed by atoms with E-state index in [2.05, 4.69) is 21.3 Å². The molecule has 17 heteroatoms. The fourth-order valence-electron chi connectivity index (χ4n) is 7.27. The van der Waals surface area contributed by atoms with Crippen LogP contribution >= 0.6 is 23.5 Å². The average Bonchev–Trinajstić information content (AvgIpc) is 3.44. The van der Waals surface area contributed by atoms with Crippen LogP contribution in [0.1, 0.15) is 110 Å². The molecule has 6 amide bonds. The molecule has 0 bridgehead atoms. The van der Waals surface area contributed by atoms with Crippen molar-refractivity contribution in [2.45, 2.75) is 145 Å². The second kappa shape index (κ2) is 25.7. The minimum Gasteiger partial charge on any atom is -0.394 e. The summed E-state index contributed by atoms with van der Waals surface area (Å²) in [6.07, 6.45) is 10.1. The molecule has 15 nitrogen and oxygen atoms in total. The Kier molecular flexibility index (Phi) is 22.0. The highest BCUT2D eigenvalue weighted by molar-refractivity contribution is 8.00. The Hall–Kier alpha value is -2.44. The summed E-state index contributed by atoms with van der Waals surface area (Å²) >= 11 is 2.84. The molecule has 3 unspecified atom stereocenters. The summed E-state index contributed by atoms with van der Waals surface area (Å²) in [6, 6.07) is -0.783. The van der Waals surface area contributed by atoms with E-state index in [1.165, 1.54) is 35.3 Å². The van der Waals surface area contributed by atoms with Crippen molar-refractivity contribution in [1.29, 1.82) is 0 Å². The number of carbonyl (C=O) groups is 6. The molecule has 0 radical (unpaired) electrons. The Bertz CT molecular complexity index is 1240. The lowest BCUT2D eigenvalue weighted by Crippen LogP contribution is -2.63. The molecule has 2 aliphatic heterocycles. The Morgan fingerprint density at radius 3 is 1.93 bits per heavy atom. The highest BCUT2D eigenvalue weighted by Crippen LogP contribution is 2.32. The molecule has 2 heterocycles. The molecule has 6 atom stereocenters. The number of nitrogens with one attached hydrogen (secondary N) is 4. The number of amides is 6. The zero-order valence-corrected chi connectivity index (χ0v) is 34.3. The third-order valence-corrected chi connectivity index (χ3v) is 12.8. The van der Waals surface area contributed by atoms with E-state index in [-0.39, 0.29) is 52.5 Å². The van der Waals surface area contributed by atoms with Crippen molar-refractivity contribution in [3.05, 3.63) is 0 Å². The summed E-state index contributed by atoms with van der Waals surface area (Å²) in [6.45, 7) is 3.11. The van der Waals surface area contributed by atoms with Gasteiger partial charge in [-0.1, -0.05) is 19.3 Å². The summed E-state index contributed by atoms with van der Waals surface area (Å²) in [4.78, 5) is 74.6. The van der Waals surface area contributed by atoms with E-state index < -0.39 is 36.4 Å². The molecular weight excluding hydrogens is 751 g/mol. The molecule has 3 rings (SSSR count). The topological polar surface area (TPSA) is 224 Å². The number of hydrogen-bond acceptors (Lipinski definition) is 12. The van der Waals surface area contributed by atoms with E-state index in [9.17, 15) is 44.1 Å². The lowest BCUT2D eigenvalue weighted by atomic mass is 9.81. The van der Waals surface area contributed by atoms with Crippen LogP contribution in [0.15, 0.2) is 0 Å². The van der Waals surface area contributed by atoms with Gasteiger partial charge in [0.05, 0.1) is 17.9 Å². The number of aliphatic hydroxyl groups is 3. The van der Waals surface area contributed by atoms with Crippen LogP contribution < -0.4 is 21.3 Å². The Balaban J connectivity index is 1.09.